The first-order chi connectivity index (χ1) is 6.77. The third-order valence-corrected chi connectivity index (χ3v) is 3.11. The van der Waals surface area contributed by atoms with E-state index in [1.165, 1.54) is 12.8 Å². The first-order valence-electron chi connectivity index (χ1n) is 5.58. The third kappa shape index (κ3) is 3.56. The van der Waals surface area contributed by atoms with Crippen molar-refractivity contribution in [1.29, 1.82) is 0 Å². The molecule has 1 rings (SSSR count). The van der Waals surface area contributed by atoms with Crippen LogP contribution in [0.5, 0.6) is 0 Å². The highest BCUT2D eigenvalue weighted by Crippen LogP contribution is 2.30. The van der Waals surface area contributed by atoms with Crippen molar-refractivity contribution in [3.05, 3.63) is 0 Å². The highest BCUT2D eigenvalue weighted by molar-refractivity contribution is 4.79. The zero-order chi connectivity index (χ0) is 10.4. The van der Waals surface area contributed by atoms with Gasteiger partial charge in [0.15, 0.2) is 0 Å². The largest absolute Gasteiger partial charge is 0.382 e. The monoisotopic (exact) mass is 201 g/mol. The molecule has 0 aromatic rings. The first-order valence-corrected chi connectivity index (χ1v) is 5.58. The number of nitrogens with two attached hydrogens (primary N) is 1. The maximum atomic E-state index is 5.79. The van der Waals surface area contributed by atoms with Crippen LogP contribution in [0.4, 0.5) is 0 Å². The quantitative estimate of drug-likeness (QED) is 0.684. The summed E-state index contributed by atoms with van der Waals surface area (Å²) in [6, 6.07) is 0. The molecule has 0 heterocycles. The van der Waals surface area contributed by atoms with Crippen molar-refractivity contribution in [1.82, 2.24) is 0 Å². The van der Waals surface area contributed by atoms with Crippen molar-refractivity contribution in [3.63, 3.8) is 0 Å². The van der Waals surface area contributed by atoms with E-state index in [0.29, 0.717) is 25.2 Å². The van der Waals surface area contributed by atoms with Crippen molar-refractivity contribution in [2.24, 2.45) is 17.6 Å². The van der Waals surface area contributed by atoms with Gasteiger partial charge in [-0.05, 0) is 31.2 Å². The Kier molecular flexibility index (Phi) is 5.45. The van der Waals surface area contributed by atoms with Gasteiger partial charge in [0.2, 0.25) is 0 Å². The molecule has 0 spiro atoms. The van der Waals surface area contributed by atoms with E-state index >= 15 is 0 Å². The highest BCUT2D eigenvalue weighted by atomic mass is 16.5. The zero-order valence-electron chi connectivity index (χ0n) is 9.37. The van der Waals surface area contributed by atoms with Gasteiger partial charge in [0.1, 0.15) is 0 Å². The van der Waals surface area contributed by atoms with E-state index in [9.17, 15) is 0 Å². The summed E-state index contributed by atoms with van der Waals surface area (Å²) in [5, 5.41) is 0. The van der Waals surface area contributed by atoms with E-state index in [4.69, 9.17) is 15.2 Å². The van der Waals surface area contributed by atoms with E-state index in [1.807, 2.05) is 0 Å². The number of hydrogen-bond donors (Lipinski definition) is 1. The fraction of sp³-hybridized carbons (Fsp3) is 1.00. The van der Waals surface area contributed by atoms with Crippen molar-refractivity contribution < 1.29 is 9.47 Å². The SMILES string of the molecule is COCCOC1CC(C)CCC1CN. The second-order valence-corrected chi connectivity index (χ2v) is 4.32. The van der Waals surface area contributed by atoms with Gasteiger partial charge < -0.3 is 15.2 Å². The van der Waals surface area contributed by atoms with E-state index in [0.717, 1.165) is 18.9 Å². The van der Waals surface area contributed by atoms with Gasteiger partial charge >= 0.3 is 0 Å². The van der Waals surface area contributed by atoms with Crippen LogP contribution in [0.25, 0.3) is 0 Å². The summed E-state index contributed by atoms with van der Waals surface area (Å²) in [5.41, 5.74) is 5.73. The highest BCUT2D eigenvalue weighted by Gasteiger charge is 2.27. The predicted octanol–water partition coefficient (Wildman–Crippen LogP) is 1.41. The van der Waals surface area contributed by atoms with Crippen molar-refractivity contribution in [2.45, 2.75) is 32.3 Å². The van der Waals surface area contributed by atoms with E-state index in [1.54, 1.807) is 7.11 Å². The molecule has 1 fully saturated rings. The summed E-state index contributed by atoms with van der Waals surface area (Å²) >= 11 is 0. The van der Waals surface area contributed by atoms with Crippen molar-refractivity contribution in [3.8, 4) is 0 Å². The molecule has 3 heteroatoms. The predicted molar refractivity (Wildman–Crippen MR) is 57.2 cm³/mol. The molecule has 1 aliphatic rings. The van der Waals surface area contributed by atoms with E-state index in [-0.39, 0.29) is 0 Å². The lowest BCUT2D eigenvalue weighted by molar-refractivity contribution is -0.0388. The molecule has 3 atom stereocenters. The first kappa shape index (κ1) is 12.0. The van der Waals surface area contributed by atoms with Gasteiger partial charge in [0.25, 0.3) is 0 Å². The minimum Gasteiger partial charge on any atom is -0.382 e. The zero-order valence-corrected chi connectivity index (χ0v) is 9.37. The molecule has 0 radical (unpaired) electrons. The average molecular weight is 201 g/mol. The topological polar surface area (TPSA) is 44.5 Å². The molecule has 0 aliphatic heterocycles. The van der Waals surface area contributed by atoms with Crippen LogP contribution >= 0.6 is 0 Å². The van der Waals surface area contributed by atoms with Crippen LogP contribution < -0.4 is 5.73 Å². The summed E-state index contributed by atoms with van der Waals surface area (Å²) < 4.78 is 10.8. The third-order valence-electron chi connectivity index (χ3n) is 3.11. The Morgan fingerprint density at radius 1 is 1.29 bits per heavy atom. The minimum absolute atomic E-state index is 0.360. The molecule has 3 nitrogen and oxygen atoms in total. The van der Waals surface area contributed by atoms with Crippen LogP contribution in [0.3, 0.4) is 0 Å². The number of rotatable bonds is 5. The van der Waals surface area contributed by atoms with E-state index < -0.39 is 0 Å². The Morgan fingerprint density at radius 2 is 2.07 bits per heavy atom. The van der Waals surface area contributed by atoms with Gasteiger partial charge in [-0.25, -0.2) is 0 Å². The normalized spacial score (nSPS) is 33.2. The maximum Gasteiger partial charge on any atom is 0.0704 e. The molecule has 14 heavy (non-hydrogen) atoms. The average Bonchev–Trinajstić information content (AvgIpc) is 2.19. The van der Waals surface area contributed by atoms with Gasteiger partial charge in [-0.3, -0.25) is 0 Å². The molecule has 0 amide bonds. The molecule has 1 aliphatic carbocycles. The fourth-order valence-corrected chi connectivity index (χ4v) is 2.15. The summed E-state index contributed by atoms with van der Waals surface area (Å²) in [6.07, 6.45) is 4.03. The molecule has 0 saturated heterocycles. The van der Waals surface area contributed by atoms with Crippen LogP contribution in [-0.4, -0.2) is 33.0 Å². The van der Waals surface area contributed by atoms with Crippen LogP contribution in [-0.2, 0) is 9.47 Å². The van der Waals surface area contributed by atoms with Crippen LogP contribution in [0, 0.1) is 11.8 Å². The molecule has 1 saturated carbocycles. The Labute approximate surface area is 86.9 Å². The second-order valence-electron chi connectivity index (χ2n) is 4.32. The molecule has 0 aromatic carbocycles. The maximum absolute atomic E-state index is 5.79. The Balaban J connectivity index is 2.29. The van der Waals surface area contributed by atoms with Crippen LogP contribution in [0.15, 0.2) is 0 Å². The molecular weight excluding hydrogens is 178 g/mol. The Hall–Kier alpha value is -0.120. The van der Waals surface area contributed by atoms with Gasteiger partial charge in [-0.15, -0.1) is 0 Å². The lowest BCUT2D eigenvalue weighted by atomic mass is 9.80. The van der Waals surface area contributed by atoms with Gasteiger partial charge in [-0.2, -0.15) is 0 Å². The molecule has 3 unspecified atom stereocenters. The Bertz CT molecular complexity index is 152. The number of methoxy groups -OCH3 is 1. The minimum atomic E-state index is 0.360. The van der Waals surface area contributed by atoms with Crippen molar-refractivity contribution in [2.75, 3.05) is 26.9 Å². The molecule has 0 bridgehead atoms. The summed E-state index contributed by atoms with van der Waals surface area (Å²) in [7, 11) is 1.70. The lowest BCUT2D eigenvalue weighted by Crippen LogP contribution is -2.36. The summed E-state index contributed by atoms with van der Waals surface area (Å²) in [6.45, 7) is 4.43. The molecule has 2 N–H and O–H groups in total. The summed E-state index contributed by atoms with van der Waals surface area (Å²) in [5.74, 6) is 1.34. The lowest BCUT2D eigenvalue weighted by Gasteiger charge is -2.34. The molecular formula is C11H23NO2. The van der Waals surface area contributed by atoms with Gasteiger partial charge in [-0.1, -0.05) is 13.3 Å². The second kappa shape index (κ2) is 6.38. The standard InChI is InChI=1S/C11H23NO2/c1-9-3-4-10(8-12)11(7-9)14-6-5-13-2/h9-11H,3-8,12H2,1-2H3. The fourth-order valence-electron chi connectivity index (χ4n) is 2.15. The smallest absolute Gasteiger partial charge is 0.0704 e. The van der Waals surface area contributed by atoms with Crippen LogP contribution in [0.2, 0.25) is 0 Å². The number of ether oxygens (including phenoxy) is 2. The van der Waals surface area contributed by atoms with Crippen LogP contribution in [0.1, 0.15) is 26.2 Å². The summed E-state index contributed by atoms with van der Waals surface area (Å²) in [4.78, 5) is 0. The number of hydrogen-bond acceptors (Lipinski definition) is 3. The molecule has 84 valence electrons. The van der Waals surface area contributed by atoms with Gasteiger partial charge in [0.05, 0.1) is 19.3 Å². The van der Waals surface area contributed by atoms with Gasteiger partial charge in [0, 0.05) is 7.11 Å². The van der Waals surface area contributed by atoms with E-state index in [2.05, 4.69) is 6.92 Å². The van der Waals surface area contributed by atoms with Crippen molar-refractivity contribution >= 4 is 0 Å². The molecule has 0 aromatic heterocycles. The Morgan fingerprint density at radius 3 is 2.71 bits per heavy atom.